The molecule has 1 aromatic rings. The third kappa shape index (κ3) is 3.58. The lowest BCUT2D eigenvalue weighted by molar-refractivity contribution is -0.384. The molecule has 104 valence electrons. The van der Waals surface area contributed by atoms with Gasteiger partial charge < -0.3 is 9.84 Å². The molecular weight excluding hydrogens is 270 g/mol. The van der Waals surface area contributed by atoms with Gasteiger partial charge in [0.2, 0.25) is 0 Å². The minimum absolute atomic E-state index is 0.0740. The Morgan fingerprint density at radius 3 is 2.68 bits per heavy atom. The summed E-state index contributed by atoms with van der Waals surface area (Å²) >= 11 is 5.93. The van der Waals surface area contributed by atoms with Crippen LogP contribution in [0.5, 0.6) is 5.75 Å². The highest BCUT2D eigenvalue weighted by molar-refractivity contribution is 6.32. The van der Waals surface area contributed by atoms with Crippen molar-refractivity contribution in [1.82, 2.24) is 0 Å². The Morgan fingerprint density at radius 2 is 2.05 bits per heavy atom. The first-order chi connectivity index (χ1) is 9.00. The Bertz CT molecular complexity index is 472. The van der Waals surface area contributed by atoms with Crippen molar-refractivity contribution >= 4 is 17.3 Å². The quantitative estimate of drug-likeness (QED) is 0.680. The standard InChI is InChI=1S/C13H16ClNO4/c14-11-5-4-10(15(17)18)8-12(11)19-9-13(16)6-2-1-3-7-13/h4-5,8,16H,1-3,6-7,9H2. The van der Waals surface area contributed by atoms with E-state index in [4.69, 9.17) is 16.3 Å². The highest BCUT2D eigenvalue weighted by Crippen LogP contribution is 2.32. The van der Waals surface area contributed by atoms with Crippen molar-refractivity contribution in [3.05, 3.63) is 33.3 Å². The number of nitro groups is 1. The third-order valence-electron chi connectivity index (χ3n) is 3.41. The van der Waals surface area contributed by atoms with Crippen molar-refractivity contribution in [3.63, 3.8) is 0 Å². The lowest BCUT2D eigenvalue weighted by Crippen LogP contribution is -2.37. The fraction of sp³-hybridized carbons (Fsp3) is 0.538. The van der Waals surface area contributed by atoms with Gasteiger partial charge in [0, 0.05) is 6.07 Å². The summed E-state index contributed by atoms with van der Waals surface area (Å²) < 4.78 is 5.48. The molecule has 1 saturated carbocycles. The first-order valence-electron chi connectivity index (χ1n) is 6.29. The number of halogens is 1. The monoisotopic (exact) mass is 285 g/mol. The summed E-state index contributed by atoms with van der Waals surface area (Å²) in [5.41, 5.74) is -0.915. The smallest absolute Gasteiger partial charge is 0.273 e. The highest BCUT2D eigenvalue weighted by atomic mass is 35.5. The number of nitro benzene ring substituents is 1. The molecule has 0 atom stereocenters. The molecule has 1 aliphatic rings. The van der Waals surface area contributed by atoms with Gasteiger partial charge in [0.05, 0.1) is 21.6 Å². The van der Waals surface area contributed by atoms with E-state index >= 15 is 0 Å². The van der Waals surface area contributed by atoms with Crippen LogP contribution in [0.25, 0.3) is 0 Å². The van der Waals surface area contributed by atoms with Gasteiger partial charge in [0.15, 0.2) is 0 Å². The zero-order valence-electron chi connectivity index (χ0n) is 10.5. The van der Waals surface area contributed by atoms with Crippen molar-refractivity contribution in [2.45, 2.75) is 37.7 Å². The number of non-ortho nitro benzene ring substituents is 1. The van der Waals surface area contributed by atoms with E-state index in [2.05, 4.69) is 0 Å². The predicted octanol–water partition coefficient (Wildman–Crippen LogP) is 3.32. The molecule has 0 aliphatic heterocycles. The number of rotatable bonds is 4. The molecule has 1 aromatic carbocycles. The summed E-state index contributed by atoms with van der Waals surface area (Å²) in [5, 5.41) is 21.3. The molecule has 0 amide bonds. The average molecular weight is 286 g/mol. The average Bonchev–Trinajstić information content (AvgIpc) is 2.38. The van der Waals surface area contributed by atoms with Gasteiger partial charge in [-0.2, -0.15) is 0 Å². The van der Waals surface area contributed by atoms with Crippen LogP contribution in [0.1, 0.15) is 32.1 Å². The van der Waals surface area contributed by atoms with Crippen molar-refractivity contribution in [3.8, 4) is 5.75 Å². The third-order valence-corrected chi connectivity index (χ3v) is 3.72. The van der Waals surface area contributed by atoms with Crippen LogP contribution in [0.3, 0.4) is 0 Å². The fourth-order valence-corrected chi connectivity index (χ4v) is 2.45. The Morgan fingerprint density at radius 1 is 1.37 bits per heavy atom. The van der Waals surface area contributed by atoms with E-state index in [-0.39, 0.29) is 18.0 Å². The number of benzene rings is 1. The van der Waals surface area contributed by atoms with Crippen LogP contribution in [0.15, 0.2) is 18.2 Å². The van der Waals surface area contributed by atoms with E-state index in [9.17, 15) is 15.2 Å². The molecule has 19 heavy (non-hydrogen) atoms. The molecule has 0 unspecified atom stereocenters. The second kappa shape index (κ2) is 5.75. The number of nitrogens with zero attached hydrogens (tertiary/aromatic N) is 1. The summed E-state index contributed by atoms with van der Waals surface area (Å²) in [6.07, 6.45) is 4.46. The van der Waals surface area contributed by atoms with Crippen molar-refractivity contribution in [2.75, 3.05) is 6.61 Å². The van der Waals surface area contributed by atoms with Crippen LogP contribution in [-0.2, 0) is 0 Å². The van der Waals surface area contributed by atoms with Crippen molar-refractivity contribution < 1.29 is 14.8 Å². The van der Waals surface area contributed by atoms with E-state index < -0.39 is 10.5 Å². The Labute approximate surface area is 116 Å². The van der Waals surface area contributed by atoms with Gasteiger partial charge in [0.1, 0.15) is 12.4 Å². The maximum atomic E-state index is 10.7. The predicted molar refractivity (Wildman–Crippen MR) is 71.6 cm³/mol. The molecule has 2 rings (SSSR count). The number of hydrogen-bond donors (Lipinski definition) is 1. The molecule has 0 bridgehead atoms. The maximum Gasteiger partial charge on any atom is 0.273 e. The molecule has 1 N–H and O–H groups in total. The molecule has 1 aliphatic carbocycles. The van der Waals surface area contributed by atoms with Gasteiger partial charge in [-0.25, -0.2) is 0 Å². The molecule has 0 aromatic heterocycles. The summed E-state index contributed by atoms with van der Waals surface area (Å²) in [6.45, 7) is 0.119. The molecular formula is C13H16ClNO4. The number of aliphatic hydroxyl groups is 1. The summed E-state index contributed by atoms with van der Waals surface area (Å²) in [6, 6.07) is 4.04. The first kappa shape index (κ1) is 14.1. The van der Waals surface area contributed by atoms with Gasteiger partial charge in [-0.3, -0.25) is 10.1 Å². The number of hydrogen-bond acceptors (Lipinski definition) is 4. The summed E-state index contributed by atoms with van der Waals surface area (Å²) in [7, 11) is 0. The van der Waals surface area contributed by atoms with Crippen LogP contribution in [0.4, 0.5) is 5.69 Å². The van der Waals surface area contributed by atoms with Crippen LogP contribution < -0.4 is 4.74 Å². The second-order valence-corrected chi connectivity index (χ2v) is 5.35. The molecule has 5 nitrogen and oxygen atoms in total. The topological polar surface area (TPSA) is 72.6 Å². The minimum atomic E-state index is -0.841. The molecule has 0 spiro atoms. The minimum Gasteiger partial charge on any atom is -0.489 e. The Balaban J connectivity index is 2.06. The van der Waals surface area contributed by atoms with Gasteiger partial charge in [-0.05, 0) is 18.9 Å². The number of ether oxygens (including phenoxy) is 1. The zero-order valence-corrected chi connectivity index (χ0v) is 11.2. The highest BCUT2D eigenvalue weighted by Gasteiger charge is 2.30. The molecule has 6 heteroatoms. The zero-order chi connectivity index (χ0) is 13.9. The maximum absolute atomic E-state index is 10.7. The van der Waals surface area contributed by atoms with Crippen LogP contribution in [-0.4, -0.2) is 22.2 Å². The summed E-state index contributed by atoms with van der Waals surface area (Å²) in [4.78, 5) is 10.2. The normalized spacial score (nSPS) is 18.0. The molecule has 1 fully saturated rings. The van der Waals surface area contributed by atoms with E-state index in [0.717, 1.165) is 19.3 Å². The van der Waals surface area contributed by atoms with Gasteiger partial charge in [-0.1, -0.05) is 30.9 Å². The lowest BCUT2D eigenvalue weighted by Gasteiger charge is -2.31. The van der Waals surface area contributed by atoms with E-state index in [0.29, 0.717) is 17.9 Å². The first-order valence-corrected chi connectivity index (χ1v) is 6.67. The second-order valence-electron chi connectivity index (χ2n) is 4.95. The van der Waals surface area contributed by atoms with E-state index in [1.807, 2.05) is 0 Å². The van der Waals surface area contributed by atoms with Crippen molar-refractivity contribution in [2.24, 2.45) is 0 Å². The lowest BCUT2D eigenvalue weighted by atomic mass is 9.85. The Kier molecular flexibility index (Phi) is 4.27. The molecule has 0 saturated heterocycles. The van der Waals surface area contributed by atoms with Crippen LogP contribution >= 0.6 is 11.6 Å². The van der Waals surface area contributed by atoms with Gasteiger partial charge in [-0.15, -0.1) is 0 Å². The summed E-state index contributed by atoms with van der Waals surface area (Å²) in [5.74, 6) is 0.245. The van der Waals surface area contributed by atoms with E-state index in [1.165, 1.54) is 18.2 Å². The van der Waals surface area contributed by atoms with Gasteiger partial charge in [0.25, 0.3) is 5.69 Å². The molecule has 0 heterocycles. The van der Waals surface area contributed by atoms with Gasteiger partial charge >= 0.3 is 0 Å². The largest absolute Gasteiger partial charge is 0.489 e. The van der Waals surface area contributed by atoms with Crippen LogP contribution in [0.2, 0.25) is 5.02 Å². The fourth-order valence-electron chi connectivity index (χ4n) is 2.28. The van der Waals surface area contributed by atoms with Crippen LogP contribution in [0, 0.1) is 10.1 Å². The SMILES string of the molecule is O=[N+]([O-])c1ccc(Cl)c(OCC2(O)CCCCC2)c1. The van der Waals surface area contributed by atoms with Crippen molar-refractivity contribution in [1.29, 1.82) is 0 Å². The molecule has 0 radical (unpaired) electrons. The Hall–Kier alpha value is -1.33. The van der Waals surface area contributed by atoms with E-state index in [1.54, 1.807) is 0 Å².